The largest absolute Gasteiger partial charge is 0.315 e. The molecular weight excluding hydrogens is 245 g/mol. The van der Waals surface area contributed by atoms with Gasteiger partial charge in [-0.25, -0.2) is 4.39 Å². The molecule has 0 aliphatic carbocycles. The maximum Gasteiger partial charge on any atom is 0.150 e. The number of halogens is 2. The Hall–Kier alpha value is -0.900. The molecule has 0 radical (unpaired) electrons. The molecule has 2 rings (SSSR count). The second-order valence-corrected chi connectivity index (χ2v) is 4.97. The van der Waals surface area contributed by atoms with E-state index < -0.39 is 0 Å². The summed E-state index contributed by atoms with van der Waals surface area (Å²) in [5, 5.41) is 3.23. The quantitative estimate of drug-likeness (QED) is 0.876. The smallest absolute Gasteiger partial charge is 0.150 e. The Morgan fingerprint density at radius 2 is 2.12 bits per heavy atom. The summed E-state index contributed by atoms with van der Waals surface area (Å²) >= 11 is 7.32. The van der Waals surface area contributed by atoms with E-state index in [4.69, 9.17) is 11.6 Å². The van der Waals surface area contributed by atoms with E-state index in [1.807, 2.05) is 19.2 Å². The number of thiophene rings is 1. The van der Waals surface area contributed by atoms with Crippen molar-refractivity contribution in [3.63, 3.8) is 0 Å². The van der Waals surface area contributed by atoms with Crippen LogP contribution in [-0.2, 0) is 6.54 Å². The summed E-state index contributed by atoms with van der Waals surface area (Å²) in [4.78, 5) is 2.09. The van der Waals surface area contributed by atoms with Gasteiger partial charge in [0.05, 0.1) is 5.02 Å². The van der Waals surface area contributed by atoms with Crippen LogP contribution in [0.2, 0.25) is 5.02 Å². The third-order valence-corrected chi connectivity index (χ3v) is 3.64. The van der Waals surface area contributed by atoms with Gasteiger partial charge in [0.1, 0.15) is 5.82 Å². The summed E-state index contributed by atoms with van der Waals surface area (Å²) in [5.41, 5.74) is 0.569. The average molecular weight is 256 g/mol. The number of rotatable bonds is 3. The molecule has 0 saturated carbocycles. The molecule has 2 aromatic rings. The summed E-state index contributed by atoms with van der Waals surface area (Å²) in [6.07, 6.45) is 0. The lowest BCUT2D eigenvalue weighted by Crippen LogP contribution is -2.02. The summed E-state index contributed by atoms with van der Waals surface area (Å²) in [6, 6.07) is 8.99. The molecule has 4 heteroatoms. The standard InChI is InChI=1S/C12H11ClFNS/c1-15-7-8-5-6-11(16-8)9-3-2-4-10(13)12(9)14/h2-6,15H,7H2,1H3. The highest BCUT2D eigenvalue weighted by Crippen LogP contribution is 2.32. The van der Waals surface area contributed by atoms with E-state index >= 15 is 0 Å². The normalized spacial score (nSPS) is 10.7. The molecule has 1 aromatic carbocycles. The van der Waals surface area contributed by atoms with Crippen LogP contribution in [-0.4, -0.2) is 7.05 Å². The Labute approximate surface area is 103 Å². The zero-order valence-corrected chi connectivity index (χ0v) is 10.3. The van der Waals surface area contributed by atoms with Gasteiger partial charge in [0.15, 0.2) is 0 Å². The first-order valence-corrected chi connectivity index (χ1v) is 6.09. The topological polar surface area (TPSA) is 12.0 Å². The second-order valence-electron chi connectivity index (χ2n) is 3.40. The van der Waals surface area contributed by atoms with E-state index in [1.165, 1.54) is 4.88 Å². The highest BCUT2D eigenvalue weighted by Gasteiger charge is 2.10. The molecule has 0 atom stereocenters. The molecule has 0 fully saturated rings. The van der Waals surface area contributed by atoms with Gasteiger partial charge in [-0.1, -0.05) is 23.7 Å². The highest BCUT2D eigenvalue weighted by atomic mass is 35.5. The molecule has 0 bridgehead atoms. The third kappa shape index (κ3) is 2.26. The van der Waals surface area contributed by atoms with Crippen LogP contribution in [0.25, 0.3) is 10.4 Å². The molecule has 0 amide bonds. The van der Waals surface area contributed by atoms with Crippen molar-refractivity contribution in [3.05, 3.63) is 46.0 Å². The van der Waals surface area contributed by atoms with Crippen molar-refractivity contribution in [2.75, 3.05) is 7.05 Å². The van der Waals surface area contributed by atoms with Crippen LogP contribution in [0, 0.1) is 5.82 Å². The SMILES string of the molecule is CNCc1ccc(-c2cccc(Cl)c2F)s1. The van der Waals surface area contributed by atoms with Crippen LogP contribution in [0.4, 0.5) is 4.39 Å². The molecule has 1 nitrogen and oxygen atoms in total. The molecule has 1 heterocycles. The van der Waals surface area contributed by atoms with Crippen molar-refractivity contribution in [1.82, 2.24) is 5.32 Å². The second kappa shape index (κ2) is 4.95. The lowest BCUT2D eigenvalue weighted by Gasteiger charge is -2.01. The van der Waals surface area contributed by atoms with E-state index in [1.54, 1.807) is 29.5 Å². The van der Waals surface area contributed by atoms with Crippen LogP contribution in [0.15, 0.2) is 30.3 Å². The number of hydrogen-bond donors (Lipinski definition) is 1. The number of hydrogen-bond acceptors (Lipinski definition) is 2. The first-order chi connectivity index (χ1) is 7.72. The summed E-state index contributed by atoms with van der Waals surface area (Å²) in [6.45, 7) is 0.798. The van der Waals surface area contributed by atoms with Crippen LogP contribution < -0.4 is 5.32 Å². The Morgan fingerprint density at radius 1 is 1.31 bits per heavy atom. The van der Waals surface area contributed by atoms with E-state index in [0.29, 0.717) is 5.56 Å². The monoisotopic (exact) mass is 255 g/mol. The Morgan fingerprint density at radius 3 is 2.88 bits per heavy atom. The zero-order chi connectivity index (χ0) is 11.5. The predicted octanol–water partition coefficient (Wildman–Crippen LogP) is 3.93. The van der Waals surface area contributed by atoms with Crippen LogP contribution in [0.3, 0.4) is 0 Å². The first-order valence-electron chi connectivity index (χ1n) is 4.90. The Bertz CT molecular complexity index is 496. The molecule has 0 spiro atoms. The van der Waals surface area contributed by atoms with Gasteiger partial charge < -0.3 is 5.32 Å². The molecular formula is C12H11ClFNS. The van der Waals surface area contributed by atoms with E-state index in [2.05, 4.69) is 5.32 Å². The first kappa shape index (κ1) is 11.6. The van der Waals surface area contributed by atoms with Gasteiger partial charge in [-0.3, -0.25) is 0 Å². The molecule has 84 valence electrons. The van der Waals surface area contributed by atoms with Crippen LogP contribution in [0.1, 0.15) is 4.88 Å². The van der Waals surface area contributed by atoms with Gasteiger partial charge in [-0.2, -0.15) is 0 Å². The molecule has 0 aliphatic rings. The zero-order valence-electron chi connectivity index (χ0n) is 8.76. The lowest BCUT2D eigenvalue weighted by atomic mass is 10.2. The molecule has 0 unspecified atom stereocenters. The highest BCUT2D eigenvalue weighted by molar-refractivity contribution is 7.15. The lowest BCUT2D eigenvalue weighted by molar-refractivity contribution is 0.632. The fraction of sp³-hybridized carbons (Fsp3) is 0.167. The van der Waals surface area contributed by atoms with Gasteiger partial charge in [0.25, 0.3) is 0 Å². The average Bonchev–Trinajstić information content (AvgIpc) is 2.71. The fourth-order valence-electron chi connectivity index (χ4n) is 1.49. The number of benzene rings is 1. The molecule has 16 heavy (non-hydrogen) atoms. The van der Waals surface area contributed by atoms with E-state index in [0.717, 1.165) is 11.4 Å². The van der Waals surface area contributed by atoms with Crippen molar-refractivity contribution < 1.29 is 4.39 Å². The fourth-order valence-corrected chi connectivity index (χ4v) is 2.70. The number of nitrogens with one attached hydrogen (secondary N) is 1. The van der Waals surface area contributed by atoms with Gasteiger partial charge >= 0.3 is 0 Å². The summed E-state index contributed by atoms with van der Waals surface area (Å²) in [5.74, 6) is -0.345. The molecule has 0 aliphatic heterocycles. The van der Waals surface area contributed by atoms with Gasteiger partial charge in [0.2, 0.25) is 0 Å². The van der Waals surface area contributed by atoms with Gasteiger partial charge in [0, 0.05) is 21.9 Å². The minimum atomic E-state index is -0.345. The van der Waals surface area contributed by atoms with Crippen molar-refractivity contribution in [2.45, 2.75) is 6.54 Å². The van der Waals surface area contributed by atoms with Crippen molar-refractivity contribution in [3.8, 4) is 10.4 Å². The van der Waals surface area contributed by atoms with Gasteiger partial charge in [-0.05, 0) is 25.2 Å². The van der Waals surface area contributed by atoms with Crippen molar-refractivity contribution >= 4 is 22.9 Å². The maximum absolute atomic E-state index is 13.7. The van der Waals surface area contributed by atoms with E-state index in [9.17, 15) is 4.39 Å². The molecule has 0 saturated heterocycles. The predicted molar refractivity (Wildman–Crippen MR) is 67.5 cm³/mol. The van der Waals surface area contributed by atoms with Crippen LogP contribution in [0.5, 0.6) is 0 Å². The van der Waals surface area contributed by atoms with Crippen molar-refractivity contribution in [2.24, 2.45) is 0 Å². The summed E-state index contributed by atoms with van der Waals surface area (Å²) < 4.78 is 13.7. The minimum Gasteiger partial charge on any atom is -0.315 e. The molecule has 1 aromatic heterocycles. The van der Waals surface area contributed by atoms with Crippen molar-refractivity contribution in [1.29, 1.82) is 0 Å². The minimum absolute atomic E-state index is 0.168. The van der Waals surface area contributed by atoms with Gasteiger partial charge in [-0.15, -0.1) is 11.3 Å². The third-order valence-electron chi connectivity index (χ3n) is 2.23. The van der Waals surface area contributed by atoms with E-state index in [-0.39, 0.29) is 10.8 Å². The Balaban J connectivity index is 2.39. The molecule has 1 N–H and O–H groups in total. The van der Waals surface area contributed by atoms with Crippen LogP contribution >= 0.6 is 22.9 Å². The Kier molecular flexibility index (Phi) is 3.59. The summed E-state index contributed by atoms with van der Waals surface area (Å²) in [7, 11) is 1.89. The maximum atomic E-state index is 13.7.